The van der Waals surface area contributed by atoms with Crippen molar-refractivity contribution in [3.05, 3.63) is 58.1 Å². The van der Waals surface area contributed by atoms with E-state index in [1.54, 1.807) is 6.07 Å². The van der Waals surface area contributed by atoms with Crippen molar-refractivity contribution in [1.82, 2.24) is 15.0 Å². The molecule has 0 unspecified atom stereocenters. The Morgan fingerprint density at radius 3 is 2.79 bits per heavy atom. The smallest absolute Gasteiger partial charge is 0.279 e. The molecule has 0 aliphatic carbocycles. The molecule has 9 heteroatoms. The number of quaternary nitrogens is 1. The fourth-order valence-electron chi connectivity index (χ4n) is 3.87. The molecular formula is C20H23N6O3+. The highest BCUT2D eigenvalue weighted by Crippen LogP contribution is 2.22. The Morgan fingerprint density at radius 1 is 1.28 bits per heavy atom. The molecule has 29 heavy (non-hydrogen) atoms. The molecule has 9 nitrogen and oxygen atoms in total. The largest absolute Gasteiger partial charge is 0.327 e. The van der Waals surface area contributed by atoms with Crippen LogP contribution in [-0.4, -0.2) is 45.5 Å². The Bertz CT molecular complexity index is 1060. The second-order valence-corrected chi connectivity index (χ2v) is 7.49. The SMILES string of the molecule is Cc1ccc([N+](=O)[O-])cc1NC(=O)C[NH+]1CCC(n2nnc3ccccc32)CC1. The van der Waals surface area contributed by atoms with Gasteiger partial charge < -0.3 is 10.2 Å². The van der Waals surface area contributed by atoms with Crippen LogP contribution in [0.5, 0.6) is 0 Å². The summed E-state index contributed by atoms with van der Waals surface area (Å²) < 4.78 is 2.00. The van der Waals surface area contributed by atoms with Crippen LogP contribution in [0.2, 0.25) is 0 Å². The number of nitrogens with zero attached hydrogens (tertiary/aromatic N) is 4. The van der Waals surface area contributed by atoms with E-state index in [1.165, 1.54) is 17.0 Å². The van der Waals surface area contributed by atoms with Gasteiger partial charge in [0.15, 0.2) is 6.54 Å². The van der Waals surface area contributed by atoms with Crippen molar-refractivity contribution in [2.75, 3.05) is 25.0 Å². The van der Waals surface area contributed by atoms with E-state index < -0.39 is 4.92 Å². The van der Waals surface area contributed by atoms with Crippen molar-refractivity contribution in [2.24, 2.45) is 0 Å². The van der Waals surface area contributed by atoms with E-state index in [2.05, 4.69) is 15.6 Å². The first kappa shape index (κ1) is 19.0. The first-order chi connectivity index (χ1) is 14.0. The van der Waals surface area contributed by atoms with E-state index in [4.69, 9.17) is 0 Å². The summed E-state index contributed by atoms with van der Waals surface area (Å²) in [5.41, 5.74) is 3.20. The summed E-state index contributed by atoms with van der Waals surface area (Å²) in [5.74, 6) is -0.131. The van der Waals surface area contributed by atoms with Crippen LogP contribution in [0.1, 0.15) is 24.4 Å². The average Bonchev–Trinajstić information content (AvgIpc) is 3.14. The fourth-order valence-corrected chi connectivity index (χ4v) is 3.87. The second kappa shape index (κ2) is 7.96. The number of rotatable bonds is 5. The van der Waals surface area contributed by atoms with Crippen LogP contribution in [0.25, 0.3) is 11.0 Å². The second-order valence-electron chi connectivity index (χ2n) is 7.49. The van der Waals surface area contributed by atoms with Crippen molar-refractivity contribution in [2.45, 2.75) is 25.8 Å². The van der Waals surface area contributed by atoms with Crippen molar-refractivity contribution in [3.63, 3.8) is 0 Å². The maximum atomic E-state index is 12.5. The highest BCUT2D eigenvalue weighted by atomic mass is 16.6. The van der Waals surface area contributed by atoms with E-state index >= 15 is 0 Å². The molecule has 2 N–H and O–H groups in total. The number of carbonyl (C=O) groups excluding carboxylic acids is 1. The Hall–Kier alpha value is -3.33. The first-order valence-electron chi connectivity index (χ1n) is 9.69. The van der Waals surface area contributed by atoms with Gasteiger partial charge in [-0.25, -0.2) is 4.68 Å². The van der Waals surface area contributed by atoms with Crippen LogP contribution in [0.4, 0.5) is 11.4 Å². The Labute approximate surface area is 167 Å². The summed E-state index contributed by atoms with van der Waals surface area (Å²) in [5, 5.41) is 22.3. The van der Waals surface area contributed by atoms with Crippen LogP contribution in [-0.2, 0) is 4.79 Å². The minimum absolute atomic E-state index is 0.0286. The number of aromatic nitrogens is 3. The van der Waals surface area contributed by atoms with Gasteiger partial charge in [0.2, 0.25) is 0 Å². The molecule has 150 valence electrons. The summed E-state index contributed by atoms with van der Waals surface area (Å²) in [6.07, 6.45) is 1.84. The Morgan fingerprint density at radius 2 is 2.03 bits per heavy atom. The molecule has 1 aromatic heterocycles. The lowest BCUT2D eigenvalue weighted by atomic mass is 10.0. The monoisotopic (exact) mass is 395 g/mol. The lowest BCUT2D eigenvalue weighted by Crippen LogP contribution is -3.14. The molecular weight excluding hydrogens is 372 g/mol. The lowest BCUT2D eigenvalue weighted by molar-refractivity contribution is -0.897. The highest BCUT2D eigenvalue weighted by Gasteiger charge is 2.27. The number of hydrogen-bond donors (Lipinski definition) is 2. The summed E-state index contributed by atoms with van der Waals surface area (Å²) in [7, 11) is 0. The van der Waals surface area contributed by atoms with Crippen LogP contribution in [0.3, 0.4) is 0 Å². The number of carbonyl (C=O) groups is 1. The minimum atomic E-state index is -0.459. The number of likely N-dealkylation sites (tertiary alicyclic amines) is 1. The van der Waals surface area contributed by atoms with Crippen LogP contribution < -0.4 is 10.2 Å². The van der Waals surface area contributed by atoms with E-state index in [1.807, 2.05) is 35.9 Å². The maximum absolute atomic E-state index is 12.5. The Balaban J connectivity index is 1.34. The van der Waals surface area contributed by atoms with Crippen LogP contribution in [0.15, 0.2) is 42.5 Å². The molecule has 1 saturated heterocycles. The Kier molecular flexibility index (Phi) is 5.22. The molecule has 0 atom stereocenters. The van der Waals surface area contributed by atoms with Crippen LogP contribution >= 0.6 is 0 Å². The highest BCUT2D eigenvalue weighted by molar-refractivity contribution is 5.92. The topological polar surface area (TPSA) is 107 Å². The number of nitrogens with one attached hydrogen (secondary N) is 2. The van der Waals surface area contributed by atoms with Crippen LogP contribution in [0, 0.1) is 17.0 Å². The average molecular weight is 395 g/mol. The number of benzene rings is 2. The van der Waals surface area contributed by atoms with Gasteiger partial charge in [-0.15, -0.1) is 5.10 Å². The fraction of sp³-hybridized carbons (Fsp3) is 0.350. The number of nitro groups is 1. The van der Waals surface area contributed by atoms with E-state index in [0.29, 0.717) is 12.2 Å². The predicted octanol–water partition coefficient (Wildman–Crippen LogP) is 1.51. The number of nitro benzene ring substituents is 1. The zero-order valence-corrected chi connectivity index (χ0v) is 16.2. The van der Waals surface area contributed by atoms with Gasteiger partial charge in [0.1, 0.15) is 5.52 Å². The van der Waals surface area contributed by atoms with E-state index in [0.717, 1.165) is 42.5 Å². The van der Waals surface area contributed by atoms with Gasteiger partial charge in [-0.3, -0.25) is 14.9 Å². The summed E-state index contributed by atoms with van der Waals surface area (Å²) in [4.78, 5) is 24.2. The third-order valence-electron chi connectivity index (χ3n) is 5.50. The summed E-state index contributed by atoms with van der Waals surface area (Å²) >= 11 is 0. The van der Waals surface area contributed by atoms with Gasteiger partial charge in [0.05, 0.1) is 35.3 Å². The molecule has 1 fully saturated rings. The molecule has 2 aromatic carbocycles. The number of hydrogen-bond acceptors (Lipinski definition) is 5. The number of para-hydroxylation sites is 1. The number of piperidine rings is 1. The maximum Gasteiger partial charge on any atom is 0.279 e. The molecule has 4 rings (SSSR count). The molecule has 1 aliphatic rings. The quantitative estimate of drug-likeness (QED) is 0.503. The molecule has 1 amide bonds. The molecule has 0 radical (unpaired) electrons. The normalized spacial score (nSPS) is 19.2. The van der Waals surface area contributed by atoms with Gasteiger partial charge in [-0.2, -0.15) is 0 Å². The molecule has 3 aromatic rings. The number of aryl methyl sites for hydroxylation is 1. The summed E-state index contributed by atoms with van der Waals surface area (Å²) in [6.45, 7) is 3.88. The lowest BCUT2D eigenvalue weighted by Gasteiger charge is -2.29. The minimum Gasteiger partial charge on any atom is -0.327 e. The molecule has 0 saturated carbocycles. The predicted molar refractivity (Wildman–Crippen MR) is 108 cm³/mol. The van der Waals surface area contributed by atoms with E-state index in [9.17, 15) is 14.9 Å². The zero-order valence-electron chi connectivity index (χ0n) is 16.2. The number of anilines is 1. The molecule has 1 aliphatic heterocycles. The van der Waals surface area contributed by atoms with Crippen molar-refractivity contribution in [1.29, 1.82) is 0 Å². The standard InChI is InChI=1S/C20H22N6O3/c1-14-6-7-16(26(28)29)12-18(14)21-20(27)13-24-10-8-15(9-11-24)25-19-5-3-2-4-17(19)22-23-25/h2-7,12,15H,8-11,13H2,1H3,(H,21,27)/p+1. The molecule has 0 bridgehead atoms. The van der Waals surface area contributed by atoms with Crippen molar-refractivity contribution >= 4 is 28.3 Å². The third-order valence-corrected chi connectivity index (χ3v) is 5.50. The van der Waals surface area contributed by atoms with Crippen molar-refractivity contribution in [3.8, 4) is 0 Å². The molecule has 0 spiro atoms. The van der Waals surface area contributed by atoms with Gasteiger partial charge in [0.25, 0.3) is 11.6 Å². The van der Waals surface area contributed by atoms with Gasteiger partial charge in [0, 0.05) is 25.0 Å². The third kappa shape index (κ3) is 4.09. The number of amides is 1. The summed E-state index contributed by atoms with van der Waals surface area (Å²) in [6, 6.07) is 12.7. The van der Waals surface area contributed by atoms with Gasteiger partial charge in [-0.05, 0) is 24.6 Å². The molecule has 2 heterocycles. The van der Waals surface area contributed by atoms with Gasteiger partial charge >= 0.3 is 0 Å². The van der Waals surface area contributed by atoms with Gasteiger partial charge in [-0.1, -0.05) is 23.4 Å². The zero-order chi connectivity index (χ0) is 20.4. The number of fused-ring (bicyclic) bond motifs is 1. The first-order valence-corrected chi connectivity index (χ1v) is 9.69. The van der Waals surface area contributed by atoms with E-state index in [-0.39, 0.29) is 17.6 Å². The number of non-ortho nitro benzene ring substituents is 1. The van der Waals surface area contributed by atoms with Crippen molar-refractivity contribution < 1.29 is 14.6 Å².